The van der Waals surface area contributed by atoms with Gasteiger partial charge in [0.1, 0.15) is 24.4 Å². The summed E-state index contributed by atoms with van der Waals surface area (Å²) < 4.78 is 10.3. The van der Waals surface area contributed by atoms with Crippen LogP contribution >= 0.6 is 0 Å². The van der Waals surface area contributed by atoms with Crippen LogP contribution in [0.3, 0.4) is 0 Å². The summed E-state index contributed by atoms with van der Waals surface area (Å²) in [6, 6.07) is 1.64. The molecule has 1 atom stereocenters. The quantitative estimate of drug-likeness (QED) is 0.198. The Kier molecular flexibility index (Phi) is 13.1. The van der Waals surface area contributed by atoms with Crippen LogP contribution in [0.25, 0.3) is 0 Å². The summed E-state index contributed by atoms with van der Waals surface area (Å²) in [6.45, 7) is 10.5. The van der Waals surface area contributed by atoms with E-state index < -0.39 is 18.0 Å². The molecule has 0 fully saturated rings. The van der Waals surface area contributed by atoms with E-state index in [1.54, 1.807) is 13.0 Å². The van der Waals surface area contributed by atoms with Crippen LogP contribution in [0.2, 0.25) is 0 Å². The minimum atomic E-state index is -0.783. The molecule has 0 aromatic rings. The van der Waals surface area contributed by atoms with Crippen molar-refractivity contribution in [3.63, 3.8) is 0 Å². The predicted octanol–water partition coefficient (Wildman–Crippen LogP) is 4.63. The van der Waals surface area contributed by atoms with Gasteiger partial charge in [-0.05, 0) is 19.8 Å². The molecule has 25 heavy (non-hydrogen) atoms. The van der Waals surface area contributed by atoms with Gasteiger partial charge in [-0.3, -0.25) is 0 Å². The van der Waals surface area contributed by atoms with Gasteiger partial charge in [-0.1, -0.05) is 65.0 Å². The van der Waals surface area contributed by atoms with Crippen LogP contribution in [0.5, 0.6) is 0 Å². The van der Waals surface area contributed by atoms with Crippen molar-refractivity contribution in [2.45, 2.75) is 77.7 Å². The second kappa shape index (κ2) is 14.3. The van der Waals surface area contributed by atoms with Crippen LogP contribution in [0, 0.1) is 11.3 Å². The molecule has 0 aliphatic rings. The lowest BCUT2D eigenvalue weighted by molar-refractivity contribution is -0.154. The molecule has 5 heteroatoms. The van der Waals surface area contributed by atoms with Gasteiger partial charge < -0.3 is 9.47 Å². The topological polar surface area (TPSA) is 76.4 Å². The maximum atomic E-state index is 11.7. The van der Waals surface area contributed by atoms with E-state index in [9.17, 15) is 9.59 Å². The summed E-state index contributed by atoms with van der Waals surface area (Å²) in [5, 5.41) is 8.62. The third-order valence-corrected chi connectivity index (χ3v) is 3.78. The van der Waals surface area contributed by atoms with Gasteiger partial charge in [0.25, 0.3) is 0 Å². The largest absolute Gasteiger partial charge is 0.458 e. The first-order valence-corrected chi connectivity index (χ1v) is 9.05. The molecule has 0 aromatic heterocycles. The summed E-state index contributed by atoms with van der Waals surface area (Å²) in [5.41, 5.74) is 0.0331. The lowest BCUT2D eigenvalue weighted by Crippen LogP contribution is -2.26. The van der Waals surface area contributed by atoms with Gasteiger partial charge in [0.15, 0.2) is 0 Å². The van der Waals surface area contributed by atoms with Gasteiger partial charge in [-0.15, -0.1) is 0 Å². The second-order valence-electron chi connectivity index (χ2n) is 6.26. The normalized spacial score (nSPS) is 11.2. The number of hydrogen-bond acceptors (Lipinski definition) is 5. The zero-order valence-electron chi connectivity index (χ0n) is 15.6. The van der Waals surface area contributed by atoms with Gasteiger partial charge in [0.2, 0.25) is 0 Å². The van der Waals surface area contributed by atoms with Gasteiger partial charge in [0.05, 0.1) is 0 Å². The highest BCUT2D eigenvalue weighted by molar-refractivity contribution is 5.92. The maximum Gasteiger partial charge on any atom is 0.348 e. The number of rotatable bonds is 14. The molecule has 1 unspecified atom stereocenters. The zero-order valence-corrected chi connectivity index (χ0v) is 15.6. The molecule has 0 spiro atoms. The highest BCUT2D eigenvalue weighted by atomic mass is 16.6. The number of carbonyl (C=O) groups excluding carboxylic acids is 2. The molecule has 140 valence electrons. The standard InChI is InChI=1S/C20H31NO4/c1-5-6-7-8-9-10-11-12-13-18(25-19(22)16(2)3)15-24-20(23)17(4)14-21/h18H,2,4-13,15H2,1,3H3. The fourth-order valence-electron chi connectivity index (χ4n) is 2.24. The molecule has 0 N–H and O–H groups in total. The number of unbranched alkanes of at least 4 members (excludes halogenated alkanes) is 7. The van der Waals surface area contributed by atoms with Crippen LogP contribution in [-0.2, 0) is 19.1 Å². The minimum absolute atomic E-state index is 0.0744. The van der Waals surface area contributed by atoms with Crippen molar-refractivity contribution >= 4 is 11.9 Å². The van der Waals surface area contributed by atoms with Crippen molar-refractivity contribution in [1.29, 1.82) is 5.26 Å². The van der Waals surface area contributed by atoms with Gasteiger partial charge >= 0.3 is 11.9 Å². The number of carbonyl (C=O) groups is 2. The Morgan fingerprint density at radius 2 is 1.56 bits per heavy atom. The summed E-state index contributed by atoms with van der Waals surface area (Å²) in [7, 11) is 0. The molecular formula is C20H31NO4. The van der Waals surface area contributed by atoms with Crippen LogP contribution in [0.1, 0.15) is 71.6 Å². The Bertz CT molecular complexity index is 490. The Balaban J connectivity index is 4.20. The molecule has 0 rings (SSSR count). The summed E-state index contributed by atoms with van der Waals surface area (Å²) in [6.07, 6.45) is 9.46. The Morgan fingerprint density at radius 1 is 1.00 bits per heavy atom. The van der Waals surface area contributed by atoms with Crippen molar-refractivity contribution in [2.75, 3.05) is 6.61 Å². The van der Waals surface area contributed by atoms with Gasteiger partial charge in [-0.2, -0.15) is 5.26 Å². The highest BCUT2D eigenvalue weighted by Gasteiger charge is 2.18. The molecule has 0 bridgehead atoms. The smallest absolute Gasteiger partial charge is 0.348 e. The minimum Gasteiger partial charge on any atom is -0.458 e. The Labute approximate surface area is 151 Å². The van der Waals surface area contributed by atoms with Crippen LogP contribution in [0.4, 0.5) is 0 Å². The second-order valence-corrected chi connectivity index (χ2v) is 6.26. The van der Waals surface area contributed by atoms with Gasteiger partial charge in [0, 0.05) is 5.57 Å². The molecule has 5 nitrogen and oxygen atoms in total. The fourth-order valence-corrected chi connectivity index (χ4v) is 2.24. The third kappa shape index (κ3) is 12.0. The van der Waals surface area contributed by atoms with E-state index >= 15 is 0 Å². The average Bonchev–Trinajstić information content (AvgIpc) is 2.60. The molecule has 0 saturated heterocycles. The number of nitrogens with zero attached hydrogens (tertiary/aromatic N) is 1. The fraction of sp³-hybridized carbons (Fsp3) is 0.650. The molecule has 0 aromatic carbocycles. The van der Waals surface area contributed by atoms with E-state index in [0.29, 0.717) is 12.0 Å². The van der Waals surface area contributed by atoms with Crippen LogP contribution < -0.4 is 0 Å². The first kappa shape index (κ1) is 22.9. The number of ether oxygens (including phenoxy) is 2. The Morgan fingerprint density at radius 3 is 2.08 bits per heavy atom. The van der Waals surface area contributed by atoms with Crippen molar-refractivity contribution in [2.24, 2.45) is 0 Å². The van der Waals surface area contributed by atoms with E-state index in [4.69, 9.17) is 14.7 Å². The van der Waals surface area contributed by atoms with E-state index in [1.807, 2.05) is 0 Å². The SMILES string of the molecule is C=C(C)C(=O)OC(CCCCCCCCCC)COC(=O)C(=C)C#N. The van der Waals surface area contributed by atoms with E-state index in [-0.39, 0.29) is 12.2 Å². The maximum absolute atomic E-state index is 11.7. The third-order valence-electron chi connectivity index (χ3n) is 3.78. The molecule has 0 heterocycles. The molecular weight excluding hydrogens is 318 g/mol. The Hall–Kier alpha value is -2.09. The lowest BCUT2D eigenvalue weighted by atomic mass is 10.1. The van der Waals surface area contributed by atoms with Crippen molar-refractivity contribution in [3.8, 4) is 6.07 Å². The molecule has 0 aliphatic carbocycles. The van der Waals surface area contributed by atoms with Crippen LogP contribution in [-0.4, -0.2) is 24.6 Å². The zero-order chi connectivity index (χ0) is 19.1. The van der Waals surface area contributed by atoms with Gasteiger partial charge in [-0.25, -0.2) is 9.59 Å². The van der Waals surface area contributed by atoms with Crippen molar-refractivity contribution in [1.82, 2.24) is 0 Å². The number of esters is 2. The van der Waals surface area contributed by atoms with E-state index in [2.05, 4.69) is 20.1 Å². The van der Waals surface area contributed by atoms with E-state index in [1.165, 1.54) is 32.1 Å². The average molecular weight is 349 g/mol. The molecule has 0 amide bonds. The number of nitriles is 1. The molecule has 0 radical (unpaired) electrons. The monoisotopic (exact) mass is 349 g/mol. The molecule has 0 saturated carbocycles. The van der Waals surface area contributed by atoms with Crippen LogP contribution in [0.15, 0.2) is 24.3 Å². The van der Waals surface area contributed by atoms with Crippen molar-refractivity contribution in [3.05, 3.63) is 24.3 Å². The lowest BCUT2D eigenvalue weighted by Gasteiger charge is -2.18. The summed E-state index contributed by atoms with van der Waals surface area (Å²) in [4.78, 5) is 23.2. The number of hydrogen-bond donors (Lipinski definition) is 0. The first-order valence-electron chi connectivity index (χ1n) is 9.05. The first-order chi connectivity index (χ1) is 11.9. The molecule has 0 aliphatic heterocycles. The highest BCUT2D eigenvalue weighted by Crippen LogP contribution is 2.13. The van der Waals surface area contributed by atoms with E-state index in [0.717, 1.165) is 19.3 Å². The summed E-state index contributed by atoms with van der Waals surface area (Å²) in [5.74, 6) is -1.28. The van der Waals surface area contributed by atoms with Crippen molar-refractivity contribution < 1.29 is 19.1 Å². The predicted molar refractivity (Wildman–Crippen MR) is 97.6 cm³/mol. The summed E-state index contributed by atoms with van der Waals surface area (Å²) >= 11 is 0.